The van der Waals surface area contributed by atoms with E-state index >= 15 is 0 Å². The first-order chi connectivity index (χ1) is 5.98. The van der Waals surface area contributed by atoms with Crippen molar-refractivity contribution in [2.75, 3.05) is 26.4 Å². The van der Waals surface area contributed by atoms with Gasteiger partial charge >= 0.3 is 0 Å². The quantitative estimate of drug-likeness (QED) is 0.644. The van der Waals surface area contributed by atoms with E-state index in [-0.39, 0.29) is 18.1 Å². The van der Waals surface area contributed by atoms with Crippen LogP contribution >= 0.6 is 0 Å². The van der Waals surface area contributed by atoms with Gasteiger partial charge in [0.15, 0.2) is 0 Å². The molecule has 0 spiro atoms. The average molecular weight is 190 g/mol. The van der Waals surface area contributed by atoms with Crippen LogP contribution < -0.4 is 0 Å². The Morgan fingerprint density at radius 2 is 1.77 bits per heavy atom. The molecule has 0 heterocycles. The van der Waals surface area contributed by atoms with Crippen molar-refractivity contribution in [2.24, 2.45) is 5.41 Å². The number of rotatable bonds is 6. The molecule has 1 N–H and O–H groups in total. The molecule has 0 saturated carbocycles. The molecule has 0 radical (unpaired) electrons. The maximum absolute atomic E-state index is 8.44. The van der Waals surface area contributed by atoms with E-state index in [0.717, 1.165) is 0 Å². The molecule has 0 saturated heterocycles. The largest absolute Gasteiger partial charge is 0.394 e. The van der Waals surface area contributed by atoms with Gasteiger partial charge in [0.25, 0.3) is 0 Å². The van der Waals surface area contributed by atoms with Crippen molar-refractivity contribution in [1.29, 1.82) is 0 Å². The Morgan fingerprint density at radius 3 is 2.23 bits per heavy atom. The van der Waals surface area contributed by atoms with Gasteiger partial charge in [0.1, 0.15) is 0 Å². The van der Waals surface area contributed by atoms with E-state index in [4.69, 9.17) is 14.6 Å². The van der Waals surface area contributed by atoms with Crippen molar-refractivity contribution in [3.8, 4) is 0 Å². The topological polar surface area (TPSA) is 38.7 Å². The van der Waals surface area contributed by atoms with Gasteiger partial charge in [0, 0.05) is 0 Å². The summed E-state index contributed by atoms with van der Waals surface area (Å²) in [7, 11) is 0. The molecule has 1 unspecified atom stereocenters. The van der Waals surface area contributed by atoms with Crippen molar-refractivity contribution in [1.82, 2.24) is 0 Å². The van der Waals surface area contributed by atoms with Gasteiger partial charge in [-0.2, -0.15) is 0 Å². The van der Waals surface area contributed by atoms with Crippen molar-refractivity contribution in [2.45, 2.75) is 33.8 Å². The van der Waals surface area contributed by atoms with Gasteiger partial charge in [-0.25, -0.2) is 0 Å². The second-order valence-corrected chi connectivity index (χ2v) is 4.22. The van der Waals surface area contributed by atoms with Gasteiger partial charge in [0.2, 0.25) is 0 Å². The third-order valence-electron chi connectivity index (χ3n) is 2.05. The molecule has 0 fully saturated rings. The van der Waals surface area contributed by atoms with Crippen molar-refractivity contribution >= 4 is 0 Å². The molecule has 0 aliphatic carbocycles. The van der Waals surface area contributed by atoms with Gasteiger partial charge in [-0.1, -0.05) is 20.8 Å². The molecular formula is C10H22O3. The van der Waals surface area contributed by atoms with Crippen LogP contribution in [0.2, 0.25) is 0 Å². The zero-order valence-electron chi connectivity index (χ0n) is 9.17. The Balaban J connectivity index is 3.32. The summed E-state index contributed by atoms with van der Waals surface area (Å²) < 4.78 is 10.6. The Morgan fingerprint density at radius 1 is 1.15 bits per heavy atom. The molecule has 0 aromatic rings. The van der Waals surface area contributed by atoms with Gasteiger partial charge in [-0.05, 0) is 12.3 Å². The van der Waals surface area contributed by atoms with E-state index < -0.39 is 0 Å². The van der Waals surface area contributed by atoms with Crippen LogP contribution in [0.1, 0.15) is 27.7 Å². The highest BCUT2D eigenvalue weighted by atomic mass is 16.5. The van der Waals surface area contributed by atoms with Crippen LogP contribution in [0.15, 0.2) is 0 Å². The van der Waals surface area contributed by atoms with Gasteiger partial charge < -0.3 is 14.6 Å². The Hall–Kier alpha value is -0.120. The van der Waals surface area contributed by atoms with Crippen LogP contribution in [-0.4, -0.2) is 37.6 Å². The zero-order valence-corrected chi connectivity index (χ0v) is 9.17. The summed E-state index contributed by atoms with van der Waals surface area (Å²) in [6, 6.07) is 0. The molecule has 3 nitrogen and oxygen atoms in total. The summed E-state index contributed by atoms with van der Waals surface area (Å²) in [4.78, 5) is 0. The number of aliphatic hydroxyl groups excluding tert-OH is 1. The Bertz CT molecular complexity index is 118. The van der Waals surface area contributed by atoms with E-state index in [1.165, 1.54) is 0 Å². The smallest absolute Gasteiger partial charge is 0.0704 e. The van der Waals surface area contributed by atoms with Gasteiger partial charge in [0.05, 0.1) is 32.5 Å². The summed E-state index contributed by atoms with van der Waals surface area (Å²) in [5, 5.41) is 8.44. The molecule has 13 heavy (non-hydrogen) atoms. The molecule has 0 amide bonds. The predicted octanol–water partition coefficient (Wildman–Crippen LogP) is 1.45. The van der Waals surface area contributed by atoms with Crippen LogP contribution in [0.3, 0.4) is 0 Å². The fraction of sp³-hybridized carbons (Fsp3) is 1.00. The monoisotopic (exact) mass is 190 g/mol. The van der Waals surface area contributed by atoms with E-state index in [1.54, 1.807) is 0 Å². The van der Waals surface area contributed by atoms with E-state index in [1.807, 2.05) is 0 Å². The molecule has 1 atom stereocenters. The van der Waals surface area contributed by atoms with Crippen LogP contribution in [0.5, 0.6) is 0 Å². The minimum atomic E-state index is 0.0782. The van der Waals surface area contributed by atoms with Crippen molar-refractivity contribution in [3.63, 3.8) is 0 Å². The van der Waals surface area contributed by atoms with Crippen LogP contribution in [0.25, 0.3) is 0 Å². The first-order valence-electron chi connectivity index (χ1n) is 4.78. The standard InChI is InChI=1S/C10H22O3/c1-9(10(2,3)4)13-8-7-12-6-5-11/h9,11H,5-8H2,1-4H3. The molecule has 0 bridgehead atoms. The lowest BCUT2D eigenvalue weighted by atomic mass is 9.90. The second-order valence-electron chi connectivity index (χ2n) is 4.22. The van der Waals surface area contributed by atoms with E-state index in [0.29, 0.717) is 19.8 Å². The maximum Gasteiger partial charge on any atom is 0.0704 e. The molecule has 3 heteroatoms. The van der Waals surface area contributed by atoms with Gasteiger partial charge in [-0.3, -0.25) is 0 Å². The fourth-order valence-corrected chi connectivity index (χ4v) is 0.700. The first kappa shape index (κ1) is 12.9. The Kier molecular flexibility index (Phi) is 6.29. The zero-order chi connectivity index (χ0) is 10.3. The fourth-order valence-electron chi connectivity index (χ4n) is 0.700. The lowest BCUT2D eigenvalue weighted by molar-refractivity contribution is -0.0366. The highest BCUT2D eigenvalue weighted by Crippen LogP contribution is 2.21. The Labute approximate surface area is 81.0 Å². The number of hydrogen-bond donors (Lipinski definition) is 1. The predicted molar refractivity (Wildman–Crippen MR) is 52.8 cm³/mol. The second kappa shape index (κ2) is 6.35. The number of hydrogen-bond acceptors (Lipinski definition) is 3. The molecule has 0 aliphatic rings. The van der Waals surface area contributed by atoms with E-state index in [9.17, 15) is 0 Å². The molecule has 80 valence electrons. The number of aliphatic hydroxyl groups is 1. The minimum Gasteiger partial charge on any atom is -0.394 e. The molecule has 0 aliphatic heterocycles. The van der Waals surface area contributed by atoms with Crippen molar-refractivity contribution < 1.29 is 14.6 Å². The molecular weight excluding hydrogens is 168 g/mol. The summed E-state index contributed by atoms with van der Waals surface area (Å²) in [5.41, 5.74) is 0.178. The normalized spacial score (nSPS) is 14.5. The summed E-state index contributed by atoms with van der Waals surface area (Å²) in [6.45, 7) is 10.1. The highest BCUT2D eigenvalue weighted by molar-refractivity contribution is 4.69. The first-order valence-corrected chi connectivity index (χ1v) is 4.78. The summed E-state index contributed by atoms with van der Waals surface area (Å²) in [5.74, 6) is 0. The third-order valence-corrected chi connectivity index (χ3v) is 2.05. The van der Waals surface area contributed by atoms with Crippen molar-refractivity contribution in [3.05, 3.63) is 0 Å². The summed E-state index contributed by atoms with van der Waals surface area (Å²) >= 11 is 0. The van der Waals surface area contributed by atoms with E-state index in [2.05, 4.69) is 27.7 Å². The molecule has 0 aromatic carbocycles. The SMILES string of the molecule is CC(OCCOCCO)C(C)(C)C. The van der Waals surface area contributed by atoms with Gasteiger partial charge in [-0.15, -0.1) is 0 Å². The lowest BCUT2D eigenvalue weighted by Gasteiger charge is -2.27. The molecule has 0 aromatic heterocycles. The summed E-state index contributed by atoms with van der Waals surface area (Å²) in [6.07, 6.45) is 0.227. The van der Waals surface area contributed by atoms with Crippen LogP contribution in [0, 0.1) is 5.41 Å². The maximum atomic E-state index is 8.44. The lowest BCUT2D eigenvalue weighted by Crippen LogP contribution is -2.27. The van der Waals surface area contributed by atoms with Crippen LogP contribution in [0.4, 0.5) is 0 Å². The number of ether oxygens (including phenoxy) is 2. The highest BCUT2D eigenvalue weighted by Gasteiger charge is 2.19. The third kappa shape index (κ3) is 6.99. The van der Waals surface area contributed by atoms with Crippen LogP contribution in [-0.2, 0) is 9.47 Å². The average Bonchev–Trinajstić information content (AvgIpc) is 2.02. The minimum absolute atomic E-state index is 0.0782. The molecule has 0 rings (SSSR count).